The Kier molecular flexibility index (Phi) is 3.55. The van der Waals surface area contributed by atoms with Crippen LogP contribution in [0.3, 0.4) is 0 Å². The van der Waals surface area contributed by atoms with Crippen molar-refractivity contribution in [3.8, 4) is 0 Å². The van der Waals surface area contributed by atoms with Crippen molar-refractivity contribution in [2.24, 2.45) is 7.05 Å². The van der Waals surface area contributed by atoms with Gasteiger partial charge in [0.15, 0.2) is 11.6 Å². The number of alkyl halides is 3. The van der Waals surface area contributed by atoms with Crippen molar-refractivity contribution in [3.63, 3.8) is 0 Å². The lowest BCUT2D eigenvalue weighted by Gasteiger charge is -2.28. The summed E-state index contributed by atoms with van der Waals surface area (Å²) < 4.78 is 45.5. The normalized spacial score (nSPS) is 15.3. The van der Waals surface area contributed by atoms with Gasteiger partial charge >= 0.3 is 6.18 Å². The van der Waals surface area contributed by atoms with Crippen LogP contribution in [0.1, 0.15) is 24.5 Å². The molecule has 6 nitrogen and oxygen atoms in total. The average molecular weight is 290 g/mol. The van der Waals surface area contributed by atoms with Crippen LogP contribution >= 0.6 is 0 Å². The Labute approximate surface area is 112 Å². The first-order valence-electron chi connectivity index (χ1n) is 5.86. The standard InChI is InChI=1S/C11H13F3N4O2/c1-3-7-16-8(20-17-7)6-10(19,11(12,13)14)9-15-4-5-18(9)2/h4-5,19H,3,6H2,1-2H3. The van der Waals surface area contributed by atoms with E-state index in [0.29, 0.717) is 6.42 Å². The van der Waals surface area contributed by atoms with Gasteiger partial charge < -0.3 is 14.2 Å². The van der Waals surface area contributed by atoms with Crippen molar-refractivity contribution in [2.45, 2.75) is 31.5 Å². The lowest BCUT2D eigenvalue weighted by molar-refractivity contribution is -0.271. The molecule has 0 bridgehead atoms. The monoisotopic (exact) mass is 290 g/mol. The first-order chi connectivity index (χ1) is 9.28. The molecular weight excluding hydrogens is 277 g/mol. The fourth-order valence-electron chi connectivity index (χ4n) is 1.79. The fourth-order valence-corrected chi connectivity index (χ4v) is 1.79. The number of aryl methyl sites for hydroxylation is 2. The molecule has 0 saturated heterocycles. The molecule has 2 aromatic heterocycles. The van der Waals surface area contributed by atoms with Gasteiger partial charge in [-0.2, -0.15) is 18.2 Å². The third-order valence-corrected chi connectivity index (χ3v) is 2.89. The number of aromatic nitrogens is 4. The highest BCUT2D eigenvalue weighted by atomic mass is 19.4. The molecule has 0 aliphatic rings. The van der Waals surface area contributed by atoms with E-state index in [0.717, 1.165) is 4.57 Å². The van der Waals surface area contributed by atoms with Crippen LogP contribution in [0.2, 0.25) is 0 Å². The average Bonchev–Trinajstić information content (AvgIpc) is 2.96. The summed E-state index contributed by atoms with van der Waals surface area (Å²) in [6.45, 7) is 1.74. The van der Waals surface area contributed by atoms with E-state index in [-0.39, 0.29) is 11.7 Å². The van der Waals surface area contributed by atoms with Gasteiger partial charge in [0.25, 0.3) is 0 Å². The van der Waals surface area contributed by atoms with E-state index in [1.807, 2.05) is 0 Å². The number of hydrogen-bond acceptors (Lipinski definition) is 5. The number of imidazole rings is 1. The zero-order valence-electron chi connectivity index (χ0n) is 10.8. The Balaban J connectivity index is 2.41. The number of rotatable bonds is 4. The Morgan fingerprint density at radius 1 is 1.40 bits per heavy atom. The Morgan fingerprint density at radius 2 is 2.10 bits per heavy atom. The molecule has 0 aliphatic heterocycles. The number of halogens is 3. The van der Waals surface area contributed by atoms with Crippen LogP contribution < -0.4 is 0 Å². The minimum absolute atomic E-state index is 0.282. The van der Waals surface area contributed by atoms with E-state index >= 15 is 0 Å². The molecule has 0 aliphatic carbocycles. The van der Waals surface area contributed by atoms with E-state index in [9.17, 15) is 18.3 Å². The Bertz CT molecular complexity index is 593. The molecule has 0 spiro atoms. The van der Waals surface area contributed by atoms with Gasteiger partial charge in [-0.25, -0.2) is 4.98 Å². The van der Waals surface area contributed by atoms with Crippen LogP contribution in [0.4, 0.5) is 13.2 Å². The van der Waals surface area contributed by atoms with Gasteiger partial charge in [-0.1, -0.05) is 12.1 Å². The first kappa shape index (κ1) is 14.5. The van der Waals surface area contributed by atoms with Crippen molar-refractivity contribution in [3.05, 3.63) is 29.9 Å². The predicted molar refractivity (Wildman–Crippen MR) is 60.5 cm³/mol. The van der Waals surface area contributed by atoms with Crippen LogP contribution in [-0.2, 0) is 25.5 Å². The smallest absolute Gasteiger partial charge is 0.374 e. The minimum Gasteiger partial charge on any atom is -0.374 e. The summed E-state index contributed by atoms with van der Waals surface area (Å²) in [7, 11) is 1.37. The highest BCUT2D eigenvalue weighted by Crippen LogP contribution is 2.40. The summed E-state index contributed by atoms with van der Waals surface area (Å²) >= 11 is 0. The number of aliphatic hydroxyl groups is 1. The number of hydrogen-bond donors (Lipinski definition) is 1. The van der Waals surface area contributed by atoms with Crippen molar-refractivity contribution < 1.29 is 22.8 Å². The molecule has 0 radical (unpaired) electrons. The molecule has 0 saturated carbocycles. The lowest BCUT2D eigenvalue weighted by atomic mass is 9.97. The fraction of sp³-hybridized carbons (Fsp3) is 0.545. The molecule has 0 aromatic carbocycles. The Hall–Kier alpha value is -1.90. The van der Waals surface area contributed by atoms with Gasteiger partial charge in [-0.15, -0.1) is 0 Å². The van der Waals surface area contributed by atoms with Crippen molar-refractivity contribution in [1.29, 1.82) is 0 Å². The van der Waals surface area contributed by atoms with E-state index in [4.69, 9.17) is 4.52 Å². The second kappa shape index (κ2) is 4.89. The van der Waals surface area contributed by atoms with Crippen LogP contribution in [0.25, 0.3) is 0 Å². The molecule has 1 N–H and O–H groups in total. The van der Waals surface area contributed by atoms with Gasteiger partial charge in [0, 0.05) is 25.9 Å². The topological polar surface area (TPSA) is 77.0 Å². The highest BCUT2D eigenvalue weighted by Gasteiger charge is 2.58. The van der Waals surface area contributed by atoms with Gasteiger partial charge in [0.05, 0.1) is 6.42 Å². The van der Waals surface area contributed by atoms with Crippen LogP contribution in [0.5, 0.6) is 0 Å². The second-order valence-corrected chi connectivity index (χ2v) is 4.35. The summed E-state index contributed by atoms with van der Waals surface area (Å²) in [6, 6.07) is 0. The second-order valence-electron chi connectivity index (χ2n) is 4.35. The van der Waals surface area contributed by atoms with Crippen molar-refractivity contribution in [1.82, 2.24) is 19.7 Å². The summed E-state index contributed by atoms with van der Waals surface area (Å²) in [5.74, 6) is -0.532. The molecule has 0 amide bonds. The highest BCUT2D eigenvalue weighted by molar-refractivity contribution is 5.11. The van der Waals surface area contributed by atoms with Crippen LogP contribution in [-0.4, -0.2) is 31.0 Å². The largest absolute Gasteiger partial charge is 0.425 e. The third-order valence-electron chi connectivity index (χ3n) is 2.89. The summed E-state index contributed by atoms with van der Waals surface area (Å²) in [5, 5.41) is 13.6. The van der Waals surface area contributed by atoms with E-state index in [1.165, 1.54) is 19.4 Å². The van der Waals surface area contributed by atoms with Gasteiger partial charge in [0.2, 0.25) is 11.5 Å². The molecule has 2 aromatic rings. The maximum absolute atomic E-state index is 13.2. The molecule has 9 heteroatoms. The summed E-state index contributed by atoms with van der Waals surface area (Å²) in [5.41, 5.74) is -3.18. The van der Waals surface area contributed by atoms with E-state index in [2.05, 4.69) is 15.1 Å². The summed E-state index contributed by atoms with van der Waals surface area (Å²) in [4.78, 5) is 7.37. The molecule has 0 fully saturated rings. The maximum atomic E-state index is 13.2. The number of nitrogens with zero attached hydrogens (tertiary/aromatic N) is 4. The quantitative estimate of drug-likeness (QED) is 0.920. The molecule has 110 valence electrons. The Morgan fingerprint density at radius 3 is 2.55 bits per heavy atom. The van der Waals surface area contributed by atoms with E-state index in [1.54, 1.807) is 6.92 Å². The molecule has 1 unspecified atom stereocenters. The van der Waals surface area contributed by atoms with Gasteiger partial charge in [-0.05, 0) is 0 Å². The van der Waals surface area contributed by atoms with Gasteiger partial charge in [0.1, 0.15) is 0 Å². The van der Waals surface area contributed by atoms with Crippen LogP contribution in [0.15, 0.2) is 16.9 Å². The predicted octanol–water partition coefficient (Wildman–Crippen LogP) is 1.36. The maximum Gasteiger partial charge on any atom is 0.425 e. The minimum atomic E-state index is -4.92. The molecule has 20 heavy (non-hydrogen) atoms. The lowest BCUT2D eigenvalue weighted by Crippen LogP contribution is -2.46. The molecule has 1 atom stereocenters. The SMILES string of the molecule is CCc1noc(CC(O)(c2nccn2C)C(F)(F)F)n1. The zero-order valence-corrected chi connectivity index (χ0v) is 10.8. The molecular formula is C11H13F3N4O2. The van der Waals surface area contributed by atoms with E-state index < -0.39 is 24.0 Å². The first-order valence-corrected chi connectivity index (χ1v) is 5.86. The van der Waals surface area contributed by atoms with Crippen molar-refractivity contribution >= 4 is 0 Å². The molecule has 2 heterocycles. The molecule has 2 rings (SSSR count). The van der Waals surface area contributed by atoms with Gasteiger partial charge in [-0.3, -0.25) is 0 Å². The summed E-state index contributed by atoms with van der Waals surface area (Å²) in [6.07, 6.45) is -2.88. The zero-order chi connectivity index (χ0) is 15.0. The third kappa shape index (κ3) is 2.40. The van der Waals surface area contributed by atoms with Crippen molar-refractivity contribution in [2.75, 3.05) is 0 Å². The van der Waals surface area contributed by atoms with Crippen LogP contribution in [0, 0.1) is 0 Å².